The van der Waals surface area contributed by atoms with E-state index >= 15 is 0 Å². The van der Waals surface area contributed by atoms with Gasteiger partial charge >= 0.3 is 0 Å². The van der Waals surface area contributed by atoms with Crippen LogP contribution < -0.4 is 14.8 Å². The van der Waals surface area contributed by atoms with Gasteiger partial charge in [-0.2, -0.15) is 0 Å². The molecule has 1 fully saturated rings. The summed E-state index contributed by atoms with van der Waals surface area (Å²) in [6.07, 6.45) is 6.99. The van der Waals surface area contributed by atoms with Crippen molar-refractivity contribution >= 4 is 11.6 Å². The monoisotopic (exact) mass is 422 g/mol. The number of likely N-dealkylation sites (tertiary alicyclic amines) is 1. The van der Waals surface area contributed by atoms with Gasteiger partial charge in [0.2, 0.25) is 12.7 Å². The number of aromatic nitrogens is 4. The zero-order valence-corrected chi connectivity index (χ0v) is 16.4. The Morgan fingerprint density at radius 3 is 2.84 bits per heavy atom. The van der Waals surface area contributed by atoms with Crippen LogP contribution in [0.1, 0.15) is 12.1 Å². The maximum absolute atomic E-state index is 14.2. The van der Waals surface area contributed by atoms with Crippen molar-refractivity contribution in [2.24, 2.45) is 0 Å². The van der Waals surface area contributed by atoms with E-state index in [2.05, 4.69) is 25.3 Å². The zero-order valence-electron chi connectivity index (χ0n) is 16.4. The molecule has 0 saturated carbocycles. The Morgan fingerprint density at radius 1 is 1.16 bits per heavy atom. The Bertz CT molecular complexity index is 1080. The van der Waals surface area contributed by atoms with E-state index in [4.69, 9.17) is 9.47 Å². The van der Waals surface area contributed by atoms with E-state index in [0.717, 1.165) is 5.56 Å². The molecule has 31 heavy (non-hydrogen) atoms. The fraction of sp³-hybridized carbons (Fsp3) is 0.286. The number of halogens is 1. The van der Waals surface area contributed by atoms with Crippen LogP contribution in [0.25, 0.3) is 11.4 Å². The van der Waals surface area contributed by atoms with E-state index in [1.165, 1.54) is 12.4 Å². The lowest BCUT2D eigenvalue weighted by molar-refractivity contribution is -0.120. The standard InChI is InChI=1S/C21H19FN6O3/c22-14-6-17(28(10-14)11-16-19-18(3-5-24-16)30-12-31-19)21(29)27-15-8-25-20(26-9-15)13-2-1-4-23-7-13/h1-5,7-9,14,17H,6,10-12H2,(H,27,29)/t14-,17+/m0/s1. The van der Waals surface area contributed by atoms with Gasteiger partial charge in [-0.3, -0.25) is 19.7 Å². The number of hydrogen-bond acceptors (Lipinski definition) is 8. The van der Waals surface area contributed by atoms with Crippen LogP contribution >= 0.6 is 0 Å². The van der Waals surface area contributed by atoms with Crippen molar-refractivity contribution in [3.05, 3.63) is 54.9 Å². The number of alkyl halides is 1. The lowest BCUT2D eigenvalue weighted by Gasteiger charge is -2.23. The smallest absolute Gasteiger partial charge is 0.241 e. The summed E-state index contributed by atoms with van der Waals surface area (Å²) >= 11 is 0. The number of fused-ring (bicyclic) bond motifs is 1. The highest BCUT2D eigenvalue weighted by atomic mass is 19.1. The molecule has 3 aromatic rings. The van der Waals surface area contributed by atoms with E-state index < -0.39 is 12.2 Å². The van der Waals surface area contributed by atoms with E-state index in [0.29, 0.717) is 28.7 Å². The van der Waals surface area contributed by atoms with Gasteiger partial charge in [0.15, 0.2) is 17.3 Å². The molecule has 1 saturated heterocycles. The quantitative estimate of drug-likeness (QED) is 0.668. The maximum Gasteiger partial charge on any atom is 0.241 e. The van der Waals surface area contributed by atoms with E-state index in [1.807, 2.05) is 6.07 Å². The second-order valence-electron chi connectivity index (χ2n) is 7.30. The molecule has 1 amide bonds. The molecule has 5 heterocycles. The number of hydrogen-bond donors (Lipinski definition) is 1. The number of carbonyl (C=O) groups excluding carboxylic acids is 1. The first-order valence-corrected chi connectivity index (χ1v) is 9.82. The van der Waals surface area contributed by atoms with E-state index in [-0.39, 0.29) is 32.2 Å². The molecular weight excluding hydrogens is 403 g/mol. The van der Waals surface area contributed by atoms with Gasteiger partial charge in [0.1, 0.15) is 11.9 Å². The molecule has 0 radical (unpaired) electrons. The van der Waals surface area contributed by atoms with E-state index in [9.17, 15) is 9.18 Å². The lowest BCUT2D eigenvalue weighted by atomic mass is 10.2. The first-order valence-electron chi connectivity index (χ1n) is 9.82. The van der Waals surface area contributed by atoms with Gasteiger partial charge in [0.25, 0.3) is 0 Å². The van der Waals surface area contributed by atoms with Crippen LogP contribution in [0.4, 0.5) is 10.1 Å². The highest BCUT2D eigenvalue weighted by molar-refractivity contribution is 5.94. The van der Waals surface area contributed by atoms with Gasteiger partial charge in [-0.25, -0.2) is 14.4 Å². The largest absolute Gasteiger partial charge is 0.453 e. The Hall–Kier alpha value is -3.66. The summed E-state index contributed by atoms with van der Waals surface area (Å²) in [5, 5.41) is 2.79. The summed E-state index contributed by atoms with van der Waals surface area (Å²) in [5.74, 6) is 1.34. The Balaban J connectivity index is 1.28. The molecule has 0 bridgehead atoms. The van der Waals surface area contributed by atoms with Gasteiger partial charge in [-0.1, -0.05) is 0 Å². The minimum Gasteiger partial charge on any atom is -0.453 e. The average molecular weight is 422 g/mol. The number of pyridine rings is 2. The summed E-state index contributed by atoms with van der Waals surface area (Å²) in [7, 11) is 0. The number of anilines is 1. The molecule has 2 aliphatic heterocycles. The molecule has 0 aromatic carbocycles. The van der Waals surface area contributed by atoms with Gasteiger partial charge in [0.05, 0.1) is 24.1 Å². The number of carbonyl (C=O) groups is 1. The van der Waals surface area contributed by atoms with Gasteiger partial charge in [0, 0.05) is 49.7 Å². The van der Waals surface area contributed by atoms with Gasteiger partial charge in [-0.15, -0.1) is 0 Å². The van der Waals surface area contributed by atoms with Crippen LogP contribution in [0.2, 0.25) is 0 Å². The minimum absolute atomic E-state index is 0.104. The molecule has 0 unspecified atom stereocenters. The van der Waals surface area contributed by atoms with Crippen LogP contribution in [0.15, 0.2) is 49.2 Å². The molecule has 2 aliphatic rings. The molecule has 2 atom stereocenters. The molecule has 1 N–H and O–H groups in total. The average Bonchev–Trinajstić information content (AvgIpc) is 3.42. The number of ether oxygens (including phenoxy) is 2. The fourth-order valence-electron chi connectivity index (χ4n) is 3.75. The van der Waals surface area contributed by atoms with Gasteiger partial charge in [-0.05, 0) is 12.1 Å². The highest BCUT2D eigenvalue weighted by Gasteiger charge is 2.38. The van der Waals surface area contributed by atoms with Crippen molar-refractivity contribution in [2.45, 2.75) is 25.2 Å². The highest BCUT2D eigenvalue weighted by Crippen LogP contribution is 2.35. The molecule has 3 aromatic heterocycles. The van der Waals surface area contributed by atoms with Crippen LogP contribution in [0, 0.1) is 0 Å². The summed E-state index contributed by atoms with van der Waals surface area (Å²) in [5.41, 5.74) is 1.83. The first kappa shape index (κ1) is 19.3. The molecule has 0 spiro atoms. The van der Waals surface area contributed by atoms with Crippen molar-refractivity contribution in [2.75, 3.05) is 18.7 Å². The van der Waals surface area contributed by atoms with Crippen molar-refractivity contribution in [3.63, 3.8) is 0 Å². The van der Waals surface area contributed by atoms with Crippen molar-refractivity contribution in [1.29, 1.82) is 0 Å². The first-order chi connectivity index (χ1) is 15.2. The number of nitrogens with one attached hydrogen (secondary N) is 1. The minimum atomic E-state index is -1.10. The fourth-order valence-corrected chi connectivity index (χ4v) is 3.75. The molecule has 9 nitrogen and oxygen atoms in total. The summed E-state index contributed by atoms with van der Waals surface area (Å²) in [6.45, 7) is 0.543. The number of rotatable bonds is 5. The predicted octanol–water partition coefficient (Wildman–Crippen LogP) is 2.21. The third-order valence-corrected chi connectivity index (χ3v) is 5.21. The van der Waals surface area contributed by atoms with Crippen LogP contribution in [0.3, 0.4) is 0 Å². The summed E-state index contributed by atoms with van der Waals surface area (Å²) in [4.78, 5) is 31.6. The van der Waals surface area contributed by atoms with Crippen LogP contribution in [-0.2, 0) is 11.3 Å². The van der Waals surface area contributed by atoms with Crippen molar-refractivity contribution < 1.29 is 18.7 Å². The van der Waals surface area contributed by atoms with Crippen molar-refractivity contribution in [1.82, 2.24) is 24.8 Å². The zero-order chi connectivity index (χ0) is 21.2. The Kier molecular flexibility index (Phi) is 5.13. The van der Waals surface area contributed by atoms with Gasteiger partial charge < -0.3 is 14.8 Å². The predicted molar refractivity (Wildman–Crippen MR) is 108 cm³/mol. The second kappa shape index (κ2) is 8.23. The molecule has 10 heteroatoms. The molecular formula is C21H19FN6O3. The Labute approximate surface area is 177 Å². The van der Waals surface area contributed by atoms with Crippen molar-refractivity contribution in [3.8, 4) is 22.9 Å². The second-order valence-corrected chi connectivity index (χ2v) is 7.30. The Morgan fingerprint density at radius 2 is 2.03 bits per heavy atom. The van der Waals surface area contributed by atoms with Crippen LogP contribution in [-0.4, -0.2) is 56.3 Å². The topological polar surface area (TPSA) is 102 Å². The SMILES string of the molecule is O=C(Nc1cnc(-c2cccnc2)nc1)[C@H]1C[C@H](F)CN1Cc1nccc2c1OCO2. The summed E-state index contributed by atoms with van der Waals surface area (Å²) < 4.78 is 25.1. The molecule has 0 aliphatic carbocycles. The van der Waals surface area contributed by atoms with E-state index in [1.54, 1.807) is 35.6 Å². The molecule has 5 rings (SSSR count). The third-order valence-electron chi connectivity index (χ3n) is 5.21. The number of nitrogens with zero attached hydrogens (tertiary/aromatic N) is 5. The maximum atomic E-state index is 14.2. The van der Waals surface area contributed by atoms with Crippen LogP contribution in [0.5, 0.6) is 11.5 Å². The lowest BCUT2D eigenvalue weighted by Crippen LogP contribution is -2.39. The third kappa shape index (κ3) is 4.02. The number of amides is 1. The normalized spacial score (nSPS) is 20.0. The molecule has 158 valence electrons. The summed E-state index contributed by atoms with van der Waals surface area (Å²) in [6, 6.07) is 4.71.